The van der Waals surface area contributed by atoms with Crippen molar-refractivity contribution in [2.24, 2.45) is 0 Å². The van der Waals surface area contributed by atoms with Gasteiger partial charge in [-0.3, -0.25) is 0 Å². The molecule has 0 unspecified atom stereocenters. The zero-order chi connectivity index (χ0) is 10.7. The average Bonchev–Trinajstić information content (AvgIpc) is 2.30. The largest absolute Gasteiger partial charge is 0.219 e. The van der Waals surface area contributed by atoms with Crippen molar-refractivity contribution in [2.75, 3.05) is 0 Å². The van der Waals surface area contributed by atoms with Crippen LogP contribution in [0.25, 0.3) is 11.4 Å². The lowest BCUT2D eigenvalue weighted by Gasteiger charge is -2.02. The van der Waals surface area contributed by atoms with Crippen molar-refractivity contribution in [3.8, 4) is 11.4 Å². The molecule has 15 heavy (non-hydrogen) atoms. The van der Waals surface area contributed by atoms with E-state index in [-0.39, 0.29) is 3.74 Å². The van der Waals surface area contributed by atoms with Crippen molar-refractivity contribution in [3.63, 3.8) is 0 Å². The Balaban J connectivity index is 2.42. The molecule has 0 saturated heterocycles. The number of alkyl halides is 2. The number of benzene rings is 1. The Labute approximate surface area is 104 Å². The number of aromatic nitrogens is 3. The van der Waals surface area contributed by atoms with Crippen LogP contribution >= 0.6 is 31.9 Å². The van der Waals surface area contributed by atoms with Crippen molar-refractivity contribution in [2.45, 2.75) is 3.74 Å². The minimum atomic E-state index is -0.0459. The third-order valence-electron chi connectivity index (χ3n) is 1.82. The highest BCUT2D eigenvalue weighted by atomic mass is 79.9. The van der Waals surface area contributed by atoms with E-state index in [2.05, 4.69) is 46.8 Å². The summed E-state index contributed by atoms with van der Waals surface area (Å²) in [5.74, 6) is 1.35. The van der Waals surface area contributed by atoms with Gasteiger partial charge in [-0.05, 0) is 0 Å². The second-order valence-electron chi connectivity index (χ2n) is 2.83. The highest BCUT2D eigenvalue weighted by molar-refractivity contribution is 9.24. The first kappa shape index (κ1) is 10.7. The predicted molar refractivity (Wildman–Crippen MR) is 65.9 cm³/mol. The van der Waals surface area contributed by atoms with Gasteiger partial charge in [0.2, 0.25) is 0 Å². The van der Waals surface area contributed by atoms with Gasteiger partial charge in [-0.25, -0.2) is 15.0 Å². The topological polar surface area (TPSA) is 38.7 Å². The number of rotatable bonds is 2. The molecule has 0 aliphatic heterocycles. The summed E-state index contributed by atoms with van der Waals surface area (Å²) in [6.45, 7) is 0. The van der Waals surface area contributed by atoms with Gasteiger partial charge in [0.25, 0.3) is 0 Å². The third kappa shape index (κ3) is 2.60. The average molecular weight is 329 g/mol. The molecular weight excluding hydrogens is 322 g/mol. The van der Waals surface area contributed by atoms with E-state index in [4.69, 9.17) is 0 Å². The van der Waals surface area contributed by atoms with Crippen molar-refractivity contribution in [1.29, 1.82) is 0 Å². The van der Waals surface area contributed by atoms with Crippen molar-refractivity contribution < 1.29 is 0 Å². The summed E-state index contributed by atoms with van der Waals surface area (Å²) in [7, 11) is 0. The Morgan fingerprint density at radius 2 is 1.73 bits per heavy atom. The van der Waals surface area contributed by atoms with Gasteiger partial charge in [-0.15, -0.1) is 0 Å². The Morgan fingerprint density at radius 3 is 2.40 bits per heavy atom. The molecule has 1 aromatic carbocycles. The van der Waals surface area contributed by atoms with E-state index in [0.717, 1.165) is 5.56 Å². The number of hydrogen-bond acceptors (Lipinski definition) is 3. The summed E-state index contributed by atoms with van der Waals surface area (Å²) in [4.78, 5) is 12.5. The Kier molecular flexibility index (Phi) is 3.43. The lowest BCUT2D eigenvalue weighted by atomic mass is 10.2. The first-order valence-electron chi connectivity index (χ1n) is 4.30. The normalized spacial score (nSPS) is 10.6. The van der Waals surface area contributed by atoms with Gasteiger partial charge in [0.05, 0.1) is 0 Å². The summed E-state index contributed by atoms with van der Waals surface area (Å²) in [5.41, 5.74) is 0.988. The fourth-order valence-electron chi connectivity index (χ4n) is 1.14. The van der Waals surface area contributed by atoms with E-state index in [0.29, 0.717) is 11.6 Å². The molecule has 2 rings (SSSR count). The molecule has 1 aromatic heterocycles. The summed E-state index contributed by atoms with van der Waals surface area (Å²) >= 11 is 6.71. The van der Waals surface area contributed by atoms with Crippen molar-refractivity contribution in [3.05, 3.63) is 42.5 Å². The van der Waals surface area contributed by atoms with Gasteiger partial charge in [0.15, 0.2) is 11.6 Å². The predicted octanol–water partition coefficient (Wildman–Crippen LogP) is 3.33. The van der Waals surface area contributed by atoms with Gasteiger partial charge < -0.3 is 0 Å². The highest BCUT2D eigenvalue weighted by Crippen LogP contribution is 2.26. The maximum Gasteiger partial charge on any atom is 0.163 e. The minimum absolute atomic E-state index is 0.0459. The second kappa shape index (κ2) is 4.81. The van der Waals surface area contributed by atoms with Gasteiger partial charge in [0, 0.05) is 5.56 Å². The van der Waals surface area contributed by atoms with Crippen LogP contribution in [0.5, 0.6) is 0 Å². The molecule has 0 fully saturated rings. The first-order chi connectivity index (χ1) is 7.27. The monoisotopic (exact) mass is 327 g/mol. The molecule has 1 heterocycles. The summed E-state index contributed by atoms with van der Waals surface area (Å²) in [5, 5.41) is 0. The molecule has 0 aliphatic rings. The zero-order valence-corrected chi connectivity index (χ0v) is 10.8. The van der Waals surface area contributed by atoms with Crippen LogP contribution in [-0.4, -0.2) is 15.0 Å². The van der Waals surface area contributed by atoms with E-state index in [1.165, 1.54) is 6.33 Å². The van der Waals surface area contributed by atoms with Crippen molar-refractivity contribution in [1.82, 2.24) is 15.0 Å². The molecule has 0 aliphatic carbocycles. The van der Waals surface area contributed by atoms with E-state index in [1.807, 2.05) is 30.3 Å². The maximum atomic E-state index is 4.33. The van der Waals surface area contributed by atoms with Crippen LogP contribution in [0.3, 0.4) is 0 Å². The molecule has 0 N–H and O–H groups in total. The quantitative estimate of drug-likeness (QED) is 0.794. The number of nitrogens with zero attached hydrogens (tertiary/aromatic N) is 3. The maximum absolute atomic E-state index is 4.33. The van der Waals surface area contributed by atoms with Gasteiger partial charge in [-0.1, -0.05) is 62.2 Å². The Bertz CT molecular complexity index is 445. The van der Waals surface area contributed by atoms with Crippen LogP contribution in [0.15, 0.2) is 36.7 Å². The van der Waals surface area contributed by atoms with E-state index >= 15 is 0 Å². The lowest BCUT2D eigenvalue weighted by molar-refractivity contribution is 0.972. The van der Waals surface area contributed by atoms with Crippen LogP contribution in [0.2, 0.25) is 0 Å². The summed E-state index contributed by atoms with van der Waals surface area (Å²) in [6.07, 6.45) is 1.51. The smallest absolute Gasteiger partial charge is 0.163 e. The SMILES string of the molecule is BrC(Br)c1ncnc(-c2ccccc2)n1. The molecule has 0 saturated carbocycles. The minimum Gasteiger partial charge on any atom is -0.219 e. The molecule has 5 heteroatoms. The second-order valence-corrected chi connectivity index (χ2v) is 5.89. The first-order valence-corrected chi connectivity index (χ1v) is 6.13. The molecule has 0 atom stereocenters. The lowest BCUT2D eigenvalue weighted by Crippen LogP contribution is -1.97. The van der Waals surface area contributed by atoms with E-state index in [9.17, 15) is 0 Å². The fourth-order valence-corrected chi connectivity index (χ4v) is 1.58. The molecule has 2 aromatic rings. The zero-order valence-electron chi connectivity index (χ0n) is 7.64. The van der Waals surface area contributed by atoms with Crippen molar-refractivity contribution >= 4 is 31.9 Å². The highest BCUT2D eigenvalue weighted by Gasteiger charge is 2.08. The van der Waals surface area contributed by atoms with E-state index in [1.54, 1.807) is 0 Å². The van der Waals surface area contributed by atoms with Crippen LogP contribution in [0.4, 0.5) is 0 Å². The van der Waals surface area contributed by atoms with Crippen LogP contribution in [0, 0.1) is 0 Å². The molecule has 0 bridgehead atoms. The molecule has 0 radical (unpaired) electrons. The Hall–Kier alpha value is -0.810. The van der Waals surface area contributed by atoms with Crippen LogP contribution < -0.4 is 0 Å². The molecule has 0 amide bonds. The van der Waals surface area contributed by atoms with Crippen LogP contribution in [-0.2, 0) is 0 Å². The summed E-state index contributed by atoms with van der Waals surface area (Å²) < 4.78 is -0.0459. The van der Waals surface area contributed by atoms with Gasteiger partial charge in [0.1, 0.15) is 10.1 Å². The van der Waals surface area contributed by atoms with Gasteiger partial charge >= 0.3 is 0 Å². The standard InChI is InChI=1S/C10H7Br2N3/c11-8(12)10-14-6-13-9(15-10)7-4-2-1-3-5-7/h1-6,8H. The van der Waals surface area contributed by atoms with Crippen LogP contribution in [0.1, 0.15) is 9.56 Å². The molecule has 3 nitrogen and oxygen atoms in total. The number of halogens is 2. The number of hydrogen-bond donors (Lipinski definition) is 0. The Morgan fingerprint density at radius 1 is 1.00 bits per heavy atom. The fraction of sp³-hybridized carbons (Fsp3) is 0.100. The molecule has 0 spiro atoms. The molecule has 76 valence electrons. The third-order valence-corrected chi connectivity index (χ3v) is 2.64. The van der Waals surface area contributed by atoms with Gasteiger partial charge in [-0.2, -0.15) is 0 Å². The summed E-state index contributed by atoms with van der Waals surface area (Å²) in [6, 6.07) is 9.81. The van der Waals surface area contributed by atoms with E-state index < -0.39 is 0 Å². The molecular formula is C10H7Br2N3.